The average Bonchev–Trinajstić information content (AvgIpc) is 3.31. The summed E-state index contributed by atoms with van der Waals surface area (Å²) in [6.07, 6.45) is 0.426. The van der Waals surface area contributed by atoms with Crippen LogP contribution in [0, 0.1) is 0 Å². The minimum atomic E-state index is -0.290. The van der Waals surface area contributed by atoms with Crippen molar-refractivity contribution in [3.8, 4) is 22.6 Å². The summed E-state index contributed by atoms with van der Waals surface area (Å²) in [6.45, 7) is 0. The summed E-state index contributed by atoms with van der Waals surface area (Å²) in [5.41, 5.74) is 4.63. The van der Waals surface area contributed by atoms with Gasteiger partial charge in [0.15, 0.2) is 11.7 Å². The van der Waals surface area contributed by atoms with Crippen LogP contribution in [-0.2, 0) is 11.2 Å². The number of amides is 1. The average molecular weight is 366 g/mol. The molecule has 0 saturated heterocycles. The Kier molecular flexibility index (Phi) is 4.02. The van der Waals surface area contributed by atoms with Gasteiger partial charge in [-0.3, -0.25) is 4.79 Å². The summed E-state index contributed by atoms with van der Waals surface area (Å²) >= 11 is 0. The smallest absolute Gasteiger partial charge is 0.232 e. The lowest BCUT2D eigenvalue weighted by Gasteiger charge is -2.05. The summed E-state index contributed by atoms with van der Waals surface area (Å²) < 4.78 is 6.19. The number of anilines is 1. The minimum Gasteiger partial charge on any atom is -0.440 e. The highest BCUT2D eigenvalue weighted by atomic mass is 16.4. The fourth-order valence-electron chi connectivity index (χ4n) is 3.68. The van der Waals surface area contributed by atoms with E-state index < -0.39 is 0 Å². The molecule has 0 bridgehead atoms. The van der Waals surface area contributed by atoms with E-state index in [2.05, 4.69) is 5.32 Å². The highest BCUT2D eigenvalue weighted by molar-refractivity contribution is 6.02. The van der Waals surface area contributed by atoms with Crippen LogP contribution in [0.15, 0.2) is 89.3 Å². The maximum absolute atomic E-state index is 12.5. The zero-order valence-corrected chi connectivity index (χ0v) is 15.1. The van der Waals surface area contributed by atoms with Crippen molar-refractivity contribution in [3.05, 3.63) is 96.4 Å². The number of aromatic nitrogens is 1. The van der Waals surface area contributed by atoms with E-state index in [1.54, 1.807) is 0 Å². The van der Waals surface area contributed by atoms with Crippen LogP contribution < -0.4 is 5.32 Å². The number of fused-ring (bicyclic) bond motifs is 1. The number of rotatable bonds is 4. The molecule has 1 unspecified atom stereocenters. The van der Waals surface area contributed by atoms with E-state index in [9.17, 15) is 4.79 Å². The molecule has 1 N–H and O–H groups in total. The molecule has 4 aromatic rings. The Bertz CT molecular complexity index is 1080. The third-order valence-electron chi connectivity index (χ3n) is 5.04. The Morgan fingerprint density at radius 1 is 0.821 bits per heavy atom. The van der Waals surface area contributed by atoms with Crippen LogP contribution in [-0.4, -0.2) is 10.9 Å². The lowest BCUT2D eigenvalue weighted by Crippen LogP contribution is -2.14. The van der Waals surface area contributed by atoms with Crippen molar-refractivity contribution in [2.75, 3.05) is 5.32 Å². The zero-order chi connectivity index (χ0) is 18.9. The third kappa shape index (κ3) is 2.89. The SMILES string of the molecule is O=C1Nc2ccccc2C1Cc1nc(-c2ccccc2)c(-c2ccccc2)o1. The Labute approximate surface area is 162 Å². The van der Waals surface area contributed by atoms with Crippen molar-refractivity contribution in [2.24, 2.45) is 0 Å². The molecule has 1 aliphatic heterocycles. The van der Waals surface area contributed by atoms with E-state index >= 15 is 0 Å². The molecular weight excluding hydrogens is 348 g/mol. The van der Waals surface area contributed by atoms with E-state index in [0.717, 1.165) is 33.8 Å². The monoisotopic (exact) mass is 366 g/mol. The molecule has 136 valence electrons. The van der Waals surface area contributed by atoms with Crippen LogP contribution in [0.4, 0.5) is 5.69 Å². The normalized spacial score (nSPS) is 15.3. The maximum Gasteiger partial charge on any atom is 0.232 e. The number of carbonyl (C=O) groups excluding carboxylic acids is 1. The van der Waals surface area contributed by atoms with Gasteiger partial charge < -0.3 is 9.73 Å². The molecule has 3 aromatic carbocycles. The quantitative estimate of drug-likeness (QED) is 0.534. The molecule has 4 heteroatoms. The largest absolute Gasteiger partial charge is 0.440 e. The van der Waals surface area contributed by atoms with Crippen molar-refractivity contribution in [2.45, 2.75) is 12.3 Å². The molecule has 0 spiro atoms. The molecule has 1 aliphatic rings. The van der Waals surface area contributed by atoms with E-state index in [-0.39, 0.29) is 11.8 Å². The van der Waals surface area contributed by atoms with Crippen molar-refractivity contribution in [3.63, 3.8) is 0 Å². The first-order valence-corrected chi connectivity index (χ1v) is 9.30. The van der Waals surface area contributed by atoms with Gasteiger partial charge in [0.25, 0.3) is 0 Å². The Morgan fingerprint density at radius 3 is 2.21 bits per heavy atom. The molecule has 0 saturated carbocycles. The van der Waals surface area contributed by atoms with Crippen molar-refractivity contribution >= 4 is 11.6 Å². The Morgan fingerprint density at radius 2 is 1.46 bits per heavy atom. The number of hydrogen-bond donors (Lipinski definition) is 1. The minimum absolute atomic E-state index is 0.0121. The predicted octanol–water partition coefficient (Wildman–Crippen LogP) is 5.29. The van der Waals surface area contributed by atoms with Crippen LogP contribution in [0.2, 0.25) is 0 Å². The Balaban J connectivity index is 1.56. The van der Waals surface area contributed by atoms with Gasteiger partial charge in [-0.15, -0.1) is 0 Å². The topological polar surface area (TPSA) is 55.1 Å². The lowest BCUT2D eigenvalue weighted by atomic mass is 9.97. The van der Waals surface area contributed by atoms with Gasteiger partial charge in [0.1, 0.15) is 5.69 Å². The van der Waals surface area contributed by atoms with Gasteiger partial charge in [-0.25, -0.2) is 4.98 Å². The molecule has 1 atom stereocenters. The van der Waals surface area contributed by atoms with E-state index in [4.69, 9.17) is 9.40 Å². The highest BCUT2D eigenvalue weighted by Crippen LogP contribution is 2.37. The number of benzene rings is 3. The second-order valence-electron chi connectivity index (χ2n) is 6.85. The van der Waals surface area contributed by atoms with Gasteiger partial charge in [0.2, 0.25) is 5.91 Å². The first-order chi connectivity index (χ1) is 13.8. The van der Waals surface area contributed by atoms with Gasteiger partial charge in [-0.2, -0.15) is 0 Å². The summed E-state index contributed by atoms with van der Waals surface area (Å²) in [5, 5.41) is 2.94. The molecule has 0 aliphatic carbocycles. The van der Waals surface area contributed by atoms with Crippen LogP contribution >= 0.6 is 0 Å². The van der Waals surface area contributed by atoms with Crippen LogP contribution in [0.25, 0.3) is 22.6 Å². The van der Waals surface area contributed by atoms with E-state index in [1.807, 2.05) is 84.9 Å². The molecule has 0 radical (unpaired) electrons. The summed E-state index contributed by atoms with van der Waals surface area (Å²) in [7, 11) is 0. The molecule has 0 fully saturated rings. The van der Waals surface area contributed by atoms with Gasteiger partial charge in [0.05, 0.1) is 5.92 Å². The van der Waals surface area contributed by atoms with Crippen LogP contribution in [0.5, 0.6) is 0 Å². The molecular formula is C24H18N2O2. The molecule has 28 heavy (non-hydrogen) atoms. The van der Waals surface area contributed by atoms with E-state index in [1.165, 1.54) is 0 Å². The van der Waals surface area contributed by atoms with Gasteiger partial charge in [0, 0.05) is 23.2 Å². The van der Waals surface area contributed by atoms with Crippen LogP contribution in [0.3, 0.4) is 0 Å². The fraction of sp³-hybridized carbons (Fsp3) is 0.0833. The molecule has 4 nitrogen and oxygen atoms in total. The Hall–Kier alpha value is -3.66. The number of nitrogens with one attached hydrogen (secondary N) is 1. The summed E-state index contributed by atoms with van der Waals surface area (Å²) in [5.74, 6) is 0.993. The number of oxazole rings is 1. The van der Waals surface area contributed by atoms with Crippen molar-refractivity contribution in [1.82, 2.24) is 4.98 Å². The number of nitrogens with zero attached hydrogens (tertiary/aromatic N) is 1. The number of hydrogen-bond acceptors (Lipinski definition) is 3. The lowest BCUT2D eigenvalue weighted by molar-refractivity contribution is -0.117. The van der Waals surface area contributed by atoms with Gasteiger partial charge in [-0.1, -0.05) is 78.9 Å². The second kappa shape index (κ2) is 6.82. The van der Waals surface area contributed by atoms with Gasteiger partial charge >= 0.3 is 0 Å². The summed E-state index contributed by atoms with van der Waals surface area (Å²) in [6, 6.07) is 27.7. The first kappa shape index (κ1) is 16.5. The molecule has 5 rings (SSSR count). The van der Waals surface area contributed by atoms with Crippen molar-refractivity contribution < 1.29 is 9.21 Å². The fourth-order valence-corrected chi connectivity index (χ4v) is 3.68. The molecule has 1 amide bonds. The third-order valence-corrected chi connectivity index (χ3v) is 5.04. The van der Waals surface area contributed by atoms with Crippen LogP contribution in [0.1, 0.15) is 17.4 Å². The molecule has 1 aromatic heterocycles. The number of carbonyl (C=O) groups is 1. The predicted molar refractivity (Wildman–Crippen MR) is 109 cm³/mol. The highest BCUT2D eigenvalue weighted by Gasteiger charge is 2.32. The standard InChI is InChI=1S/C24H18N2O2/c27-24-19(18-13-7-8-14-20(18)25-24)15-21-26-22(16-9-3-1-4-10-16)23(28-21)17-11-5-2-6-12-17/h1-14,19H,15H2,(H,25,27). The number of para-hydroxylation sites is 1. The van der Waals surface area contributed by atoms with Crippen molar-refractivity contribution in [1.29, 1.82) is 0 Å². The van der Waals surface area contributed by atoms with E-state index in [0.29, 0.717) is 12.3 Å². The summed E-state index contributed by atoms with van der Waals surface area (Å²) in [4.78, 5) is 17.3. The van der Waals surface area contributed by atoms with Gasteiger partial charge in [-0.05, 0) is 11.6 Å². The second-order valence-corrected chi connectivity index (χ2v) is 6.85. The maximum atomic E-state index is 12.5. The first-order valence-electron chi connectivity index (χ1n) is 9.30. The zero-order valence-electron chi connectivity index (χ0n) is 15.1. The molecule has 2 heterocycles.